The number of unbranched alkanes of at least 4 members (excludes halogenated alkanes) is 1. The summed E-state index contributed by atoms with van der Waals surface area (Å²) in [5.74, 6) is -0.637. The molecule has 0 radical (unpaired) electrons. The Balaban J connectivity index is 2.31. The molecule has 0 atom stereocenters. The van der Waals surface area contributed by atoms with Crippen LogP contribution in [0.15, 0.2) is 23.1 Å². The third-order valence-corrected chi connectivity index (χ3v) is 4.18. The van der Waals surface area contributed by atoms with E-state index in [-0.39, 0.29) is 17.1 Å². The van der Waals surface area contributed by atoms with Crippen LogP contribution in [-0.4, -0.2) is 41.9 Å². The van der Waals surface area contributed by atoms with Gasteiger partial charge < -0.3 is 15.2 Å². The first kappa shape index (κ1) is 17.8. The minimum Gasteiger partial charge on any atom is -0.396 e. The van der Waals surface area contributed by atoms with Gasteiger partial charge in [-0.2, -0.15) is 0 Å². The van der Waals surface area contributed by atoms with Crippen molar-refractivity contribution < 1.29 is 22.3 Å². The largest absolute Gasteiger partial charge is 0.396 e. The SMILES string of the molecule is COCCOCCCCNS(=O)(=O)c1ccc(F)c(N)c1. The molecule has 0 amide bonds. The van der Waals surface area contributed by atoms with Crippen LogP contribution >= 0.6 is 0 Å². The summed E-state index contributed by atoms with van der Waals surface area (Å²) >= 11 is 0. The van der Waals surface area contributed by atoms with Crippen molar-refractivity contribution in [3.8, 4) is 0 Å². The van der Waals surface area contributed by atoms with Crippen LogP contribution in [0.25, 0.3) is 0 Å². The number of halogens is 1. The summed E-state index contributed by atoms with van der Waals surface area (Å²) in [7, 11) is -2.06. The van der Waals surface area contributed by atoms with Crippen LogP contribution in [0.1, 0.15) is 12.8 Å². The van der Waals surface area contributed by atoms with Crippen molar-refractivity contribution in [1.29, 1.82) is 0 Å². The van der Waals surface area contributed by atoms with E-state index in [1.54, 1.807) is 7.11 Å². The number of nitrogens with one attached hydrogen (secondary N) is 1. The fraction of sp³-hybridized carbons (Fsp3) is 0.538. The summed E-state index contributed by atoms with van der Waals surface area (Å²) in [5, 5.41) is 0. The number of benzene rings is 1. The van der Waals surface area contributed by atoms with E-state index in [9.17, 15) is 12.8 Å². The van der Waals surface area contributed by atoms with Crippen molar-refractivity contribution in [2.24, 2.45) is 0 Å². The standard InChI is InChI=1S/C13H21FN2O4S/c1-19-8-9-20-7-3-2-6-16-21(17,18)11-4-5-12(14)13(15)10-11/h4-5,10,16H,2-3,6-9,15H2,1H3. The van der Waals surface area contributed by atoms with E-state index in [4.69, 9.17) is 15.2 Å². The van der Waals surface area contributed by atoms with Crippen molar-refractivity contribution in [2.45, 2.75) is 17.7 Å². The molecule has 1 rings (SSSR count). The highest BCUT2D eigenvalue weighted by Gasteiger charge is 2.14. The van der Waals surface area contributed by atoms with Crippen molar-refractivity contribution in [2.75, 3.05) is 39.2 Å². The van der Waals surface area contributed by atoms with Gasteiger partial charge in [0.2, 0.25) is 10.0 Å². The highest BCUT2D eigenvalue weighted by Crippen LogP contribution is 2.16. The molecule has 0 fully saturated rings. The van der Waals surface area contributed by atoms with Gasteiger partial charge in [0.05, 0.1) is 23.8 Å². The fourth-order valence-electron chi connectivity index (χ4n) is 1.55. The summed E-state index contributed by atoms with van der Waals surface area (Å²) in [6.45, 7) is 1.90. The lowest BCUT2D eigenvalue weighted by Gasteiger charge is -2.08. The summed E-state index contributed by atoms with van der Waals surface area (Å²) < 4.78 is 49.4. The Hall–Kier alpha value is -1.22. The second-order valence-corrected chi connectivity index (χ2v) is 6.16. The van der Waals surface area contributed by atoms with Gasteiger partial charge in [-0.05, 0) is 31.0 Å². The van der Waals surface area contributed by atoms with E-state index >= 15 is 0 Å². The Bertz CT molecular complexity index is 537. The van der Waals surface area contributed by atoms with Crippen molar-refractivity contribution in [1.82, 2.24) is 4.72 Å². The lowest BCUT2D eigenvalue weighted by Crippen LogP contribution is -2.25. The molecule has 21 heavy (non-hydrogen) atoms. The summed E-state index contributed by atoms with van der Waals surface area (Å²) in [4.78, 5) is -0.0438. The molecular formula is C13H21FN2O4S. The smallest absolute Gasteiger partial charge is 0.240 e. The molecule has 120 valence electrons. The third kappa shape index (κ3) is 6.38. The molecule has 6 nitrogen and oxygen atoms in total. The number of hydrogen-bond acceptors (Lipinski definition) is 5. The van der Waals surface area contributed by atoms with Gasteiger partial charge in [0.15, 0.2) is 0 Å². The first-order valence-corrected chi connectivity index (χ1v) is 8.07. The summed E-state index contributed by atoms with van der Waals surface area (Å²) in [5.41, 5.74) is 5.17. The zero-order valence-corrected chi connectivity index (χ0v) is 12.8. The molecular weight excluding hydrogens is 299 g/mol. The topological polar surface area (TPSA) is 90.6 Å². The molecule has 0 aliphatic heterocycles. The predicted octanol–water partition coefficient (Wildman–Crippen LogP) is 1.13. The molecule has 0 bridgehead atoms. The monoisotopic (exact) mass is 320 g/mol. The minimum absolute atomic E-state index is 0.0438. The van der Waals surface area contributed by atoms with Gasteiger partial charge in [-0.25, -0.2) is 17.5 Å². The fourth-order valence-corrected chi connectivity index (χ4v) is 2.66. The third-order valence-electron chi connectivity index (χ3n) is 2.72. The Morgan fingerprint density at radius 1 is 1.24 bits per heavy atom. The van der Waals surface area contributed by atoms with Crippen LogP contribution in [0.5, 0.6) is 0 Å². The maximum Gasteiger partial charge on any atom is 0.240 e. The quantitative estimate of drug-likeness (QED) is 0.498. The lowest BCUT2D eigenvalue weighted by molar-refractivity contribution is 0.0689. The molecule has 1 aromatic rings. The van der Waals surface area contributed by atoms with Crippen LogP contribution in [0.3, 0.4) is 0 Å². The normalized spacial score (nSPS) is 11.7. The maximum absolute atomic E-state index is 13.0. The van der Waals surface area contributed by atoms with E-state index in [0.717, 1.165) is 18.6 Å². The van der Waals surface area contributed by atoms with Gasteiger partial charge in [0.1, 0.15) is 5.82 Å². The Labute approximate surface area is 124 Å². The first-order chi connectivity index (χ1) is 9.97. The zero-order chi connectivity index (χ0) is 15.7. The van der Waals surface area contributed by atoms with E-state index in [1.165, 1.54) is 6.07 Å². The summed E-state index contributed by atoms with van der Waals surface area (Å²) in [6, 6.07) is 3.32. The van der Waals surface area contributed by atoms with Crippen molar-refractivity contribution >= 4 is 15.7 Å². The van der Waals surface area contributed by atoms with Crippen LogP contribution in [-0.2, 0) is 19.5 Å². The number of ether oxygens (including phenoxy) is 2. The van der Waals surface area contributed by atoms with Gasteiger partial charge in [-0.15, -0.1) is 0 Å². The van der Waals surface area contributed by atoms with Gasteiger partial charge in [-0.1, -0.05) is 0 Å². The molecule has 3 N–H and O–H groups in total. The van der Waals surface area contributed by atoms with Gasteiger partial charge in [-0.3, -0.25) is 0 Å². The molecule has 0 saturated heterocycles. The van der Waals surface area contributed by atoms with Crippen molar-refractivity contribution in [3.05, 3.63) is 24.0 Å². The molecule has 0 unspecified atom stereocenters. The van der Waals surface area contributed by atoms with Gasteiger partial charge >= 0.3 is 0 Å². The molecule has 8 heteroatoms. The number of anilines is 1. The van der Waals surface area contributed by atoms with E-state index in [1.807, 2.05) is 0 Å². The molecule has 0 spiro atoms. The first-order valence-electron chi connectivity index (χ1n) is 6.59. The highest BCUT2D eigenvalue weighted by atomic mass is 32.2. The second-order valence-electron chi connectivity index (χ2n) is 4.39. The minimum atomic E-state index is -3.66. The summed E-state index contributed by atoms with van der Waals surface area (Å²) in [6.07, 6.45) is 1.38. The van der Waals surface area contributed by atoms with Crippen LogP contribution < -0.4 is 10.5 Å². The number of sulfonamides is 1. The predicted molar refractivity (Wildman–Crippen MR) is 77.9 cm³/mol. The van der Waals surface area contributed by atoms with Crippen molar-refractivity contribution in [3.63, 3.8) is 0 Å². The average Bonchev–Trinajstić information content (AvgIpc) is 2.44. The maximum atomic E-state index is 13.0. The second kappa shape index (κ2) is 8.93. The number of methoxy groups -OCH3 is 1. The molecule has 0 saturated carbocycles. The average molecular weight is 320 g/mol. The number of nitrogens with two attached hydrogens (primary N) is 1. The number of rotatable bonds is 10. The van der Waals surface area contributed by atoms with Crippen LogP contribution in [0.4, 0.5) is 10.1 Å². The molecule has 0 aromatic heterocycles. The number of nitrogen functional groups attached to an aromatic ring is 1. The highest BCUT2D eigenvalue weighted by molar-refractivity contribution is 7.89. The van der Waals surface area contributed by atoms with Gasteiger partial charge in [0, 0.05) is 20.3 Å². The molecule has 0 aliphatic carbocycles. The lowest BCUT2D eigenvalue weighted by atomic mass is 10.3. The number of hydrogen-bond donors (Lipinski definition) is 2. The van der Waals surface area contributed by atoms with E-state index in [2.05, 4.69) is 4.72 Å². The van der Waals surface area contributed by atoms with Crippen LogP contribution in [0, 0.1) is 5.82 Å². The van der Waals surface area contributed by atoms with E-state index in [0.29, 0.717) is 26.2 Å². The molecule has 0 heterocycles. The van der Waals surface area contributed by atoms with E-state index < -0.39 is 15.8 Å². The Kier molecular flexibility index (Phi) is 7.58. The Morgan fingerprint density at radius 2 is 2.00 bits per heavy atom. The molecule has 1 aromatic carbocycles. The zero-order valence-electron chi connectivity index (χ0n) is 12.0. The van der Waals surface area contributed by atoms with Crippen LogP contribution in [0.2, 0.25) is 0 Å². The molecule has 0 aliphatic rings. The van der Waals surface area contributed by atoms with Gasteiger partial charge in [0.25, 0.3) is 0 Å². The Morgan fingerprint density at radius 3 is 2.67 bits per heavy atom.